The molecule has 0 aromatic heterocycles. The number of rotatable bonds is 1. The summed E-state index contributed by atoms with van der Waals surface area (Å²) in [6, 6.07) is 28.1. The molecular weight excluding hydrogens is 607 g/mol. The van der Waals surface area contributed by atoms with Gasteiger partial charge in [0.05, 0.1) is 0 Å². The number of aryl methyl sites for hydroxylation is 4. The summed E-state index contributed by atoms with van der Waals surface area (Å²) < 4.78 is 2.19. The zero-order valence-corrected chi connectivity index (χ0v) is 29.9. The van der Waals surface area contributed by atoms with E-state index < -0.39 is 0 Å². The minimum absolute atomic E-state index is 0. The molecule has 0 unspecified atom stereocenters. The summed E-state index contributed by atoms with van der Waals surface area (Å²) in [5, 5.41) is 0. The van der Waals surface area contributed by atoms with E-state index in [-0.39, 0.29) is 35.6 Å². The third-order valence-corrected chi connectivity index (χ3v) is 8.04. The second-order valence-corrected chi connectivity index (χ2v) is 13.5. The van der Waals surface area contributed by atoms with Crippen molar-refractivity contribution in [2.75, 3.05) is 0 Å². The molecule has 0 fully saturated rings. The summed E-state index contributed by atoms with van der Waals surface area (Å²) in [7, 11) is 0. The van der Waals surface area contributed by atoms with E-state index in [1.165, 1.54) is 85.4 Å². The molecule has 0 amide bonds. The largest absolute Gasteiger partial charge is 1.00 e. The quantitative estimate of drug-likeness (QED) is 0.243. The van der Waals surface area contributed by atoms with Crippen molar-refractivity contribution in [3.05, 3.63) is 123 Å². The van der Waals surface area contributed by atoms with E-state index in [1.807, 2.05) is 0 Å². The average molecular weight is 651 g/mol. The van der Waals surface area contributed by atoms with E-state index in [1.54, 1.807) is 0 Å². The third kappa shape index (κ3) is 9.72. The molecule has 0 atom stereocenters. The second-order valence-electron chi connectivity index (χ2n) is 12.8. The molecule has 0 saturated heterocycles. The van der Waals surface area contributed by atoms with Gasteiger partial charge in [0, 0.05) is 0 Å². The molecule has 212 valence electrons. The summed E-state index contributed by atoms with van der Waals surface area (Å²) in [5.74, 6) is 0. The first-order chi connectivity index (χ1) is 17.7. The Morgan fingerprint density at radius 1 is 0.750 bits per heavy atom. The molecule has 3 heteroatoms. The molecule has 0 spiro atoms. The Kier molecular flexibility index (Phi) is 13.6. The van der Waals surface area contributed by atoms with Crippen molar-refractivity contribution >= 4 is 3.71 Å². The van der Waals surface area contributed by atoms with Gasteiger partial charge in [0.2, 0.25) is 0 Å². The molecule has 4 aromatic carbocycles. The molecule has 0 heterocycles. The van der Waals surface area contributed by atoms with Crippen LogP contribution in [0, 0.1) is 33.8 Å². The second kappa shape index (κ2) is 15.0. The maximum atomic E-state index is 3.67. The van der Waals surface area contributed by atoms with Crippen LogP contribution in [0.25, 0.3) is 11.1 Å². The van der Waals surface area contributed by atoms with Crippen LogP contribution in [-0.2, 0) is 41.5 Å². The standard InChI is InChI=1S/C21H25.C8H11.C8H8.2ClH.Zr/c1-20(2,3)16-7-9-18-14(12-16)11-15-13-17(21(4,5)6)8-10-19(15)18;1-6-4-7(2)8(3)5-6;1-7-3-5-8(2)6-4-7;;;/h7-10,12H,11H2,1-6H3;4-5H,1-3H3;1,3-6H,2H3;2*1H;/q2*-1;;;;+2/p-2. The van der Waals surface area contributed by atoms with Crippen LogP contribution < -0.4 is 24.8 Å². The van der Waals surface area contributed by atoms with Crippen molar-refractivity contribution in [1.82, 2.24) is 0 Å². The third-order valence-electron chi connectivity index (χ3n) is 7.22. The molecule has 0 aliphatic heterocycles. The van der Waals surface area contributed by atoms with Gasteiger partial charge in [0.25, 0.3) is 0 Å². The van der Waals surface area contributed by atoms with Gasteiger partial charge in [-0.05, 0) is 28.4 Å². The Hall–Kier alpha value is -1.66. The molecule has 1 aliphatic rings. The van der Waals surface area contributed by atoms with Crippen molar-refractivity contribution in [2.45, 2.75) is 86.5 Å². The van der Waals surface area contributed by atoms with Crippen molar-refractivity contribution in [3.63, 3.8) is 0 Å². The van der Waals surface area contributed by atoms with Crippen molar-refractivity contribution < 1.29 is 49.0 Å². The fourth-order valence-electron chi connectivity index (χ4n) is 4.64. The molecule has 5 rings (SSSR count). The molecule has 4 aromatic rings. The summed E-state index contributed by atoms with van der Waals surface area (Å²) in [5.41, 5.74) is 15.6. The van der Waals surface area contributed by atoms with Gasteiger partial charge in [-0.3, -0.25) is 0 Å². The first-order valence-corrected chi connectivity index (χ1v) is 15.1. The van der Waals surface area contributed by atoms with E-state index in [2.05, 4.69) is 146 Å². The maximum Gasteiger partial charge on any atom is -1.00 e. The Morgan fingerprint density at radius 3 is 1.80 bits per heavy atom. The summed E-state index contributed by atoms with van der Waals surface area (Å²) in [6.07, 6.45) is 1.03. The monoisotopic (exact) mass is 648 g/mol. The zero-order chi connectivity index (χ0) is 28.3. The zero-order valence-electron chi connectivity index (χ0n) is 25.9. The Bertz CT molecular complexity index is 1310. The molecule has 40 heavy (non-hydrogen) atoms. The number of halogens is 2. The predicted octanol–water partition coefficient (Wildman–Crippen LogP) is 3.68. The van der Waals surface area contributed by atoms with Crippen molar-refractivity contribution in [3.8, 4) is 11.1 Å². The van der Waals surface area contributed by atoms with E-state index in [0.29, 0.717) is 0 Å². The van der Waals surface area contributed by atoms with Gasteiger partial charge in [-0.2, -0.15) is 46.5 Å². The molecule has 0 nitrogen and oxygen atoms in total. The van der Waals surface area contributed by atoms with Crippen LogP contribution in [0.3, 0.4) is 0 Å². The SMILES string of the molecule is CC(C)(C)c1[c-]c2c(cc1)-c1ccc(C(C)(C)C)cc1C2.Cc1cc(C)c(C)[cH-]1.Cc1ccc([CH]=[Zr+2])cc1.[Cl-].[Cl-]. The fourth-order valence-corrected chi connectivity index (χ4v) is 5.12. The normalized spacial score (nSPS) is 11.4. The maximum absolute atomic E-state index is 3.67. The Balaban J connectivity index is 0.000000350. The minimum Gasteiger partial charge on any atom is -1.00 e. The van der Waals surface area contributed by atoms with Crippen LogP contribution in [0.5, 0.6) is 0 Å². The fraction of sp³-hybridized carbons (Fsp3) is 0.351. The molecule has 1 aliphatic carbocycles. The van der Waals surface area contributed by atoms with E-state index >= 15 is 0 Å². The van der Waals surface area contributed by atoms with Crippen LogP contribution in [-0.4, -0.2) is 3.71 Å². The summed E-state index contributed by atoms with van der Waals surface area (Å²) in [6.45, 7) is 22.1. The van der Waals surface area contributed by atoms with Gasteiger partial charge in [-0.1, -0.05) is 86.1 Å². The minimum atomic E-state index is 0. The number of fused-ring (bicyclic) bond motifs is 3. The smallest absolute Gasteiger partial charge is 1.00 e. The number of hydrogen-bond donors (Lipinski definition) is 0. The van der Waals surface area contributed by atoms with Crippen LogP contribution in [0.15, 0.2) is 66.7 Å². The molecule has 0 bridgehead atoms. The summed E-state index contributed by atoms with van der Waals surface area (Å²) in [4.78, 5) is 0. The van der Waals surface area contributed by atoms with E-state index in [0.717, 1.165) is 6.42 Å². The molecule has 0 saturated carbocycles. The van der Waals surface area contributed by atoms with Crippen molar-refractivity contribution in [1.29, 1.82) is 0 Å². The van der Waals surface area contributed by atoms with Crippen LogP contribution in [0.2, 0.25) is 0 Å². The first-order valence-electron chi connectivity index (χ1n) is 13.7. The van der Waals surface area contributed by atoms with Gasteiger partial charge in [0.1, 0.15) is 0 Å². The molecular formula is C37H44Cl2Zr-2. The van der Waals surface area contributed by atoms with E-state index in [4.69, 9.17) is 0 Å². The number of benzene rings is 3. The topological polar surface area (TPSA) is 0 Å². The van der Waals surface area contributed by atoms with Gasteiger partial charge in [0.15, 0.2) is 0 Å². The van der Waals surface area contributed by atoms with Gasteiger partial charge >= 0.3 is 70.3 Å². The Morgan fingerprint density at radius 2 is 1.35 bits per heavy atom. The molecule has 0 radical (unpaired) electrons. The van der Waals surface area contributed by atoms with Gasteiger partial charge in [-0.15, -0.1) is 11.1 Å². The summed E-state index contributed by atoms with van der Waals surface area (Å²) >= 11 is 1.47. The van der Waals surface area contributed by atoms with E-state index in [9.17, 15) is 0 Å². The Labute approximate surface area is 271 Å². The van der Waals surface area contributed by atoms with Crippen LogP contribution in [0.1, 0.15) is 91.6 Å². The van der Waals surface area contributed by atoms with Crippen molar-refractivity contribution in [2.24, 2.45) is 0 Å². The number of hydrogen-bond acceptors (Lipinski definition) is 0. The van der Waals surface area contributed by atoms with Gasteiger partial charge < -0.3 is 24.8 Å². The van der Waals surface area contributed by atoms with Gasteiger partial charge in [-0.25, -0.2) is 6.07 Å². The van der Waals surface area contributed by atoms with Crippen LogP contribution >= 0.6 is 0 Å². The molecule has 0 N–H and O–H groups in total. The first kappa shape index (κ1) is 36.4. The predicted molar refractivity (Wildman–Crippen MR) is 164 cm³/mol. The average Bonchev–Trinajstić information content (AvgIpc) is 3.35. The van der Waals surface area contributed by atoms with Crippen LogP contribution in [0.4, 0.5) is 0 Å².